The average Bonchev–Trinajstić information content (AvgIpc) is 3.15. The molecular formula is C20H20F3N5O2. The summed E-state index contributed by atoms with van der Waals surface area (Å²) in [7, 11) is 1.46. The van der Waals surface area contributed by atoms with Gasteiger partial charge in [-0.2, -0.15) is 18.2 Å². The van der Waals surface area contributed by atoms with Gasteiger partial charge < -0.3 is 26.5 Å². The highest BCUT2D eigenvalue weighted by atomic mass is 19.4. The van der Waals surface area contributed by atoms with Crippen molar-refractivity contribution in [3.8, 4) is 5.75 Å². The van der Waals surface area contributed by atoms with E-state index in [0.717, 1.165) is 23.3 Å². The summed E-state index contributed by atoms with van der Waals surface area (Å²) < 4.78 is 46.4. The number of amides is 1. The summed E-state index contributed by atoms with van der Waals surface area (Å²) in [6.45, 7) is 0.466. The number of hydrogen-bond acceptors (Lipinski definition) is 3. The highest BCUT2D eigenvalue weighted by Gasteiger charge is 2.34. The average molecular weight is 419 g/mol. The quantitative estimate of drug-likeness (QED) is 0.375. The molecule has 0 aliphatic heterocycles. The number of hydrogen-bond donors (Lipinski definition) is 4. The third-order valence-corrected chi connectivity index (χ3v) is 4.39. The van der Waals surface area contributed by atoms with Crippen LogP contribution in [0.1, 0.15) is 27.2 Å². The zero-order valence-corrected chi connectivity index (χ0v) is 16.0. The molecule has 10 heteroatoms. The maximum atomic E-state index is 13.6. The minimum Gasteiger partial charge on any atom is -0.489 e. The Balaban J connectivity index is 1.94. The second-order valence-corrected chi connectivity index (χ2v) is 6.47. The van der Waals surface area contributed by atoms with E-state index in [9.17, 15) is 18.0 Å². The number of carbonyl (C=O) groups excluding carboxylic acids is 1. The number of carbonyl (C=O) groups is 1. The van der Waals surface area contributed by atoms with Crippen LogP contribution in [0.15, 0.2) is 47.5 Å². The van der Waals surface area contributed by atoms with Crippen molar-refractivity contribution in [1.82, 2.24) is 10.3 Å². The van der Waals surface area contributed by atoms with Gasteiger partial charge in [-0.15, -0.1) is 0 Å². The fourth-order valence-corrected chi connectivity index (χ4v) is 2.81. The lowest BCUT2D eigenvalue weighted by molar-refractivity contribution is -0.136. The van der Waals surface area contributed by atoms with Crippen LogP contribution in [0.4, 0.5) is 13.2 Å². The van der Waals surface area contributed by atoms with Crippen LogP contribution < -0.4 is 21.5 Å². The number of nitrogens with zero attached hydrogens (tertiary/aromatic N) is 1. The Kier molecular flexibility index (Phi) is 5.97. The third kappa shape index (κ3) is 4.71. The number of fused-ring (bicyclic) bond motifs is 1. The van der Waals surface area contributed by atoms with Crippen molar-refractivity contribution in [2.75, 3.05) is 7.05 Å². The molecule has 0 atom stereocenters. The topological polar surface area (TPSA) is 119 Å². The third-order valence-electron chi connectivity index (χ3n) is 4.39. The van der Waals surface area contributed by atoms with Gasteiger partial charge >= 0.3 is 6.18 Å². The molecular weight excluding hydrogens is 399 g/mol. The van der Waals surface area contributed by atoms with Crippen molar-refractivity contribution in [2.45, 2.75) is 19.3 Å². The molecule has 3 aromatic rings. The molecule has 2 aromatic carbocycles. The molecule has 0 aliphatic rings. The summed E-state index contributed by atoms with van der Waals surface area (Å²) in [5.41, 5.74) is 11.8. The van der Waals surface area contributed by atoms with Crippen LogP contribution in [0, 0.1) is 0 Å². The number of aromatic nitrogens is 1. The molecule has 30 heavy (non-hydrogen) atoms. The SMILES string of the molecule is CNC(N)=NC(=O)c1cc2c(C(F)(F)F)cc(OCc3ccc(CN)cc3)cc2[nH]1. The van der Waals surface area contributed by atoms with Crippen LogP contribution in [0.2, 0.25) is 0 Å². The van der Waals surface area contributed by atoms with Gasteiger partial charge in [0.05, 0.1) is 11.1 Å². The Morgan fingerprint density at radius 3 is 2.43 bits per heavy atom. The minimum atomic E-state index is -4.64. The van der Waals surface area contributed by atoms with E-state index in [4.69, 9.17) is 16.2 Å². The van der Waals surface area contributed by atoms with Gasteiger partial charge in [0.25, 0.3) is 5.91 Å². The Bertz CT molecular complexity index is 1090. The highest BCUT2D eigenvalue weighted by Crippen LogP contribution is 2.38. The summed E-state index contributed by atoms with van der Waals surface area (Å²) in [5, 5.41) is 2.31. The lowest BCUT2D eigenvalue weighted by atomic mass is 10.1. The summed E-state index contributed by atoms with van der Waals surface area (Å²) in [5.74, 6) is -0.940. The van der Waals surface area contributed by atoms with Crippen LogP contribution in [0.25, 0.3) is 10.9 Å². The van der Waals surface area contributed by atoms with Gasteiger partial charge in [-0.05, 0) is 23.3 Å². The second kappa shape index (κ2) is 8.46. The van der Waals surface area contributed by atoms with Gasteiger partial charge in [-0.1, -0.05) is 24.3 Å². The van der Waals surface area contributed by atoms with E-state index in [1.807, 2.05) is 12.1 Å². The molecule has 0 saturated carbocycles. The number of nitrogens with two attached hydrogens (primary N) is 2. The Hall–Kier alpha value is -3.53. The Morgan fingerprint density at radius 1 is 1.17 bits per heavy atom. The number of rotatable bonds is 5. The fourth-order valence-electron chi connectivity index (χ4n) is 2.81. The molecule has 1 aromatic heterocycles. The van der Waals surface area contributed by atoms with Gasteiger partial charge in [-0.25, -0.2) is 0 Å². The van der Waals surface area contributed by atoms with E-state index in [0.29, 0.717) is 6.54 Å². The number of aliphatic imine (C=N–C) groups is 1. The van der Waals surface area contributed by atoms with E-state index in [1.54, 1.807) is 12.1 Å². The van der Waals surface area contributed by atoms with Crippen molar-refractivity contribution in [1.29, 1.82) is 0 Å². The molecule has 0 radical (unpaired) electrons. The lowest BCUT2D eigenvalue weighted by Crippen LogP contribution is -2.28. The van der Waals surface area contributed by atoms with Crippen molar-refractivity contribution in [3.05, 3.63) is 64.8 Å². The standard InChI is InChI=1S/C20H20F3N5O2/c1-26-19(25)28-18(29)17-8-14-15(20(21,22)23)6-13(7-16(14)27-17)30-10-12-4-2-11(9-24)3-5-12/h2-8,27H,9-10,24H2,1H3,(H3,25,26,28,29). The largest absolute Gasteiger partial charge is 0.489 e. The molecule has 0 fully saturated rings. The number of H-pyrrole nitrogens is 1. The zero-order chi connectivity index (χ0) is 21.9. The Morgan fingerprint density at radius 2 is 1.83 bits per heavy atom. The number of alkyl halides is 3. The summed E-state index contributed by atoms with van der Waals surface area (Å²) in [6, 6.07) is 10.6. The van der Waals surface area contributed by atoms with Gasteiger partial charge in [0.1, 0.15) is 18.1 Å². The predicted molar refractivity (Wildman–Crippen MR) is 107 cm³/mol. The smallest absolute Gasteiger partial charge is 0.417 e. The normalized spacial score (nSPS) is 12.2. The van der Waals surface area contributed by atoms with E-state index in [-0.39, 0.29) is 34.9 Å². The lowest BCUT2D eigenvalue weighted by Gasteiger charge is -2.12. The molecule has 7 nitrogen and oxygen atoms in total. The number of benzene rings is 2. The van der Waals surface area contributed by atoms with Crippen molar-refractivity contribution >= 4 is 22.8 Å². The van der Waals surface area contributed by atoms with Crippen LogP contribution in [0.5, 0.6) is 5.75 Å². The molecule has 0 spiro atoms. The first kappa shape index (κ1) is 21.2. The van der Waals surface area contributed by atoms with Crippen LogP contribution in [-0.2, 0) is 19.3 Å². The minimum absolute atomic E-state index is 0.0109. The van der Waals surface area contributed by atoms with Gasteiger partial charge in [0, 0.05) is 25.0 Å². The van der Waals surface area contributed by atoms with Crippen LogP contribution in [-0.4, -0.2) is 23.9 Å². The van der Waals surface area contributed by atoms with E-state index >= 15 is 0 Å². The molecule has 3 rings (SSSR count). The van der Waals surface area contributed by atoms with Crippen molar-refractivity contribution in [2.24, 2.45) is 16.5 Å². The molecule has 0 unspecified atom stereocenters. The first-order chi connectivity index (χ1) is 14.2. The first-order valence-electron chi connectivity index (χ1n) is 8.92. The summed E-state index contributed by atoms with van der Waals surface area (Å²) in [6.07, 6.45) is -4.64. The number of halogens is 3. The predicted octanol–water partition coefficient (Wildman–Crippen LogP) is 2.90. The molecule has 158 valence electrons. The molecule has 1 heterocycles. The van der Waals surface area contributed by atoms with E-state index in [2.05, 4.69) is 15.3 Å². The number of nitrogens with one attached hydrogen (secondary N) is 2. The number of ether oxygens (including phenoxy) is 1. The van der Waals surface area contributed by atoms with E-state index in [1.165, 1.54) is 13.1 Å². The van der Waals surface area contributed by atoms with Gasteiger partial charge in [-0.3, -0.25) is 4.79 Å². The van der Waals surface area contributed by atoms with Gasteiger partial charge in [0.15, 0.2) is 5.96 Å². The molecule has 0 saturated heterocycles. The van der Waals surface area contributed by atoms with E-state index < -0.39 is 17.6 Å². The molecule has 0 aliphatic carbocycles. The Labute approximate surface area is 169 Å². The van der Waals surface area contributed by atoms with Crippen LogP contribution in [0.3, 0.4) is 0 Å². The maximum absolute atomic E-state index is 13.6. The number of aromatic amines is 1. The summed E-state index contributed by atoms with van der Waals surface area (Å²) >= 11 is 0. The second-order valence-electron chi connectivity index (χ2n) is 6.47. The maximum Gasteiger partial charge on any atom is 0.417 e. The van der Waals surface area contributed by atoms with Crippen LogP contribution >= 0.6 is 0 Å². The zero-order valence-electron chi connectivity index (χ0n) is 16.0. The highest BCUT2D eigenvalue weighted by molar-refractivity contribution is 6.04. The van der Waals surface area contributed by atoms with Crippen molar-refractivity contribution < 1.29 is 22.7 Å². The number of guanidine groups is 1. The first-order valence-corrected chi connectivity index (χ1v) is 8.92. The fraction of sp³-hybridized carbons (Fsp3) is 0.200. The van der Waals surface area contributed by atoms with Gasteiger partial charge in [0.2, 0.25) is 0 Å². The summed E-state index contributed by atoms with van der Waals surface area (Å²) in [4.78, 5) is 18.3. The molecule has 1 amide bonds. The molecule has 6 N–H and O–H groups in total. The monoisotopic (exact) mass is 419 g/mol. The van der Waals surface area contributed by atoms with Crippen molar-refractivity contribution in [3.63, 3.8) is 0 Å². The molecule has 0 bridgehead atoms.